The molecular formula is C12H20N2OS. The Morgan fingerprint density at radius 3 is 2.44 bits per heavy atom. The Kier molecular flexibility index (Phi) is 6.23. The first-order chi connectivity index (χ1) is 7.72. The van der Waals surface area contributed by atoms with Crippen molar-refractivity contribution in [1.29, 1.82) is 0 Å². The summed E-state index contributed by atoms with van der Waals surface area (Å²) in [6, 6.07) is 2.26. The number of hydrogen-bond donors (Lipinski definition) is 1. The Hall–Kier alpha value is -0.770. The standard InChI is InChI=1S/C12H20N2OS/c1-10(2)4-5-11(6-9-16)15-12-13-7-3-8-14-12/h3,7-8,10-11,16H,4-6,9H2,1-2H3. The Balaban J connectivity index is 2.44. The summed E-state index contributed by atoms with van der Waals surface area (Å²) in [5.74, 6) is 1.53. The SMILES string of the molecule is CC(C)CCC(CCS)Oc1ncccn1. The minimum atomic E-state index is 0.183. The van der Waals surface area contributed by atoms with Crippen molar-refractivity contribution in [3.63, 3.8) is 0 Å². The zero-order valence-corrected chi connectivity index (χ0v) is 10.9. The second-order valence-corrected chi connectivity index (χ2v) is 4.70. The highest BCUT2D eigenvalue weighted by molar-refractivity contribution is 7.80. The molecule has 1 heterocycles. The topological polar surface area (TPSA) is 35.0 Å². The fourth-order valence-electron chi connectivity index (χ4n) is 1.42. The molecule has 0 amide bonds. The second-order valence-electron chi connectivity index (χ2n) is 4.25. The van der Waals surface area contributed by atoms with Gasteiger partial charge < -0.3 is 4.74 Å². The van der Waals surface area contributed by atoms with E-state index in [-0.39, 0.29) is 6.10 Å². The van der Waals surface area contributed by atoms with Crippen LogP contribution >= 0.6 is 12.6 Å². The Morgan fingerprint density at radius 1 is 1.19 bits per heavy atom. The highest BCUT2D eigenvalue weighted by Gasteiger charge is 2.11. The van der Waals surface area contributed by atoms with Crippen LogP contribution in [0.5, 0.6) is 6.01 Å². The van der Waals surface area contributed by atoms with Crippen molar-refractivity contribution >= 4 is 12.6 Å². The van der Waals surface area contributed by atoms with Gasteiger partial charge in [0.25, 0.3) is 0 Å². The van der Waals surface area contributed by atoms with Gasteiger partial charge in [0.05, 0.1) is 0 Å². The molecule has 0 aliphatic rings. The van der Waals surface area contributed by atoms with Crippen LogP contribution in [0.1, 0.15) is 33.1 Å². The number of ether oxygens (including phenoxy) is 1. The van der Waals surface area contributed by atoms with Crippen LogP contribution in [0.3, 0.4) is 0 Å². The minimum Gasteiger partial charge on any atom is -0.460 e. The van der Waals surface area contributed by atoms with Crippen LogP contribution in [-0.2, 0) is 0 Å². The molecule has 1 aromatic rings. The van der Waals surface area contributed by atoms with Gasteiger partial charge in [-0.1, -0.05) is 13.8 Å². The van der Waals surface area contributed by atoms with Gasteiger partial charge in [-0.3, -0.25) is 0 Å². The molecule has 0 spiro atoms. The predicted octanol–water partition coefficient (Wildman–Crippen LogP) is 2.98. The lowest BCUT2D eigenvalue weighted by atomic mass is 10.0. The van der Waals surface area contributed by atoms with E-state index in [1.165, 1.54) is 0 Å². The fraction of sp³-hybridized carbons (Fsp3) is 0.667. The third kappa shape index (κ3) is 5.35. The van der Waals surface area contributed by atoms with E-state index < -0.39 is 0 Å². The molecule has 1 unspecified atom stereocenters. The molecule has 3 nitrogen and oxygen atoms in total. The zero-order chi connectivity index (χ0) is 11.8. The molecule has 1 rings (SSSR count). The highest BCUT2D eigenvalue weighted by Crippen LogP contribution is 2.14. The first-order valence-corrected chi connectivity index (χ1v) is 6.40. The zero-order valence-electron chi connectivity index (χ0n) is 9.97. The summed E-state index contributed by atoms with van der Waals surface area (Å²) >= 11 is 4.25. The van der Waals surface area contributed by atoms with Gasteiger partial charge in [-0.25, -0.2) is 9.97 Å². The average molecular weight is 240 g/mol. The van der Waals surface area contributed by atoms with Crippen molar-refractivity contribution in [2.45, 2.75) is 39.2 Å². The second kappa shape index (κ2) is 7.49. The van der Waals surface area contributed by atoms with Gasteiger partial charge in [0.2, 0.25) is 0 Å². The molecule has 1 atom stereocenters. The van der Waals surface area contributed by atoms with E-state index in [1.807, 2.05) is 0 Å². The van der Waals surface area contributed by atoms with Crippen LogP contribution in [0.15, 0.2) is 18.5 Å². The number of thiol groups is 1. The third-order valence-corrected chi connectivity index (χ3v) is 2.59. The fourth-order valence-corrected chi connectivity index (χ4v) is 1.71. The highest BCUT2D eigenvalue weighted by atomic mass is 32.1. The van der Waals surface area contributed by atoms with Crippen molar-refractivity contribution in [2.75, 3.05) is 5.75 Å². The van der Waals surface area contributed by atoms with Crippen LogP contribution in [0.2, 0.25) is 0 Å². The summed E-state index contributed by atoms with van der Waals surface area (Å²) in [6.45, 7) is 4.44. The van der Waals surface area contributed by atoms with Gasteiger partial charge in [-0.15, -0.1) is 0 Å². The summed E-state index contributed by atoms with van der Waals surface area (Å²) in [7, 11) is 0. The maximum absolute atomic E-state index is 5.73. The van der Waals surface area contributed by atoms with Crippen molar-refractivity contribution < 1.29 is 4.74 Å². The molecule has 0 N–H and O–H groups in total. The Labute approximate surface area is 103 Å². The van der Waals surface area contributed by atoms with Crippen molar-refractivity contribution in [3.05, 3.63) is 18.5 Å². The van der Waals surface area contributed by atoms with Gasteiger partial charge >= 0.3 is 6.01 Å². The molecule has 0 aliphatic carbocycles. The molecule has 0 aromatic carbocycles. The van der Waals surface area contributed by atoms with Crippen molar-refractivity contribution in [1.82, 2.24) is 9.97 Å². The average Bonchev–Trinajstić information content (AvgIpc) is 2.27. The molecular weight excluding hydrogens is 220 g/mol. The molecule has 0 radical (unpaired) electrons. The van der Waals surface area contributed by atoms with Crippen LogP contribution < -0.4 is 4.74 Å². The molecule has 0 saturated heterocycles. The van der Waals surface area contributed by atoms with E-state index >= 15 is 0 Å². The maximum atomic E-state index is 5.73. The summed E-state index contributed by atoms with van der Waals surface area (Å²) in [6.07, 6.45) is 6.71. The lowest BCUT2D eigenvalue weighted by Gasteiger charge is -2.17. The largest absolute Gasteiger partial charge is 0.460 e. The van der Waals surface area contributed by atoms with E-state index in [0.29, 0.717) is 11.9 Å². The quantitative estimate of drug-likeness (QED) is 0.744. The van der Waals surface area contributed by atoms with Gasteiger partial charge in [0, 0.05) is 12.4 Å². The normalized spacial score (nSPS) is 12.8. The molecule has 4 heteroatoms. The van der Waals surface area contributed by atoms with E-state index in [2.05, 4.69) is 36.4 Å². The molecule has 1 aromatic heterocycles. The first-order valence-electron chi connectivity index (χ1n) is 5.77. The number of rotatable bonds is 7. The summed E-state index contributed by atoms with van der Waals surface area (Å²) in [5, 5.41) is 0. The summed E-state index contributed by atoms with van der Waals surface area (Å²) < 4.78 is 5.73. The third-order valence-electron chi connectivity index (χ3n) is 2.33. The molecule has 16 heavy (non-hydrogen) atoms. The molecule has 0 bridgehead atoms. The van der Waals surface area contributed by atoms with E-state index in [4.69, 9.17) is 4.74 Å². The molecule has 90 valence electrons. The van der Waals surface area contributed by atoms with E-state index in [9.17, 15) is 0 Å². The molecule has 0 saturated carbocycles. The van der Waals surface area contributed by atoms with Crippen LogP contribution in [0.25, 0.3) is 0 Å². The maximum Gasteiger partial charge on any atom is 0.316 e. The number of aromatic nitrogens is 2. The lowest BCUT2D eigenvalue weighted by Crippen LogP contribution is -2.19. The minimum absolute atomic E-state index is 0.183. The molecule has 0 aliphatic heterocycles. The van der Waals surface area contributed by atoms with Crippen LogP contribution in [0, 0.1) is 5.92 Å². The van der Waals surface area contributed by atoms with Gasteiger partial charge in [-0.2, -0.15) is 12.6 Å². The van der Waals surface area contributed by atoms with Gasteiger partial charge in [0.15, 0.2) is 0 Å². The van der Waals surface area contributed by atoms with Crippen molar-refractivity contribution in [2.24, 2.45) is 5.92 Å². The predicted molar refractivity (Wildman–Crippen MR) is 69.0 cm³/mol. The van der Waals surface area contributed by atoms with E-state index in [1.54, 1.807) is 18.5 Å². The van der Waals surface area contributed by atoms with Crippen molar-refractivity contribution in [3.8, 4) is 6.01 Å². The smallest absolute Gasteiger partial charge is 0.316 e. The Morgan fingerprint density at radius 2 is 1.88 bits per heavy atom. The molecule has 0 fully saturated rings. The number of hydrogen-bond acceptors (Lipinski definition) is 4. The van der Waals surface area contributed by atoms with Crippen LogP contribution in [0.4, 0.5) is 0 Å². The number of nitrogens with zero attached hydrogens (tertiary/aromatic N) is 2. The Bertz CT molecular complexity index is 280. The van der Waals surface area contributed by atoms with Gasteiger partial charge in [0.1, 0.15) is 6.10 Å². The van der Waals surface area contributed by atoms with E-state index in [0.717, 1.165) is 25.0 Å². The van der Waals surface area contributed by atoms with Gasteiger partial charge in [-0.05, 0) is 37.0 Å². The summed E-state index contributed by atoms with van der Waals surface area (Å²) in [4.78, 5) is 8.14. The lowest BCUT2D eigenvalue weighted by molar-refractivity contribution is 0.164. The first kappa shape index (κ1) is 13.3. The summed E-state index contributed by atoms with van der Waals surface area (Å²) in [5.41, 5.74) is 0. The van der Waals surface area contributed by atoms with Crippen LogP contribution in [-0.4, -0.2) is 21.8 Å². The monoisotopic (exact) mass is 240 g/mol.